The molecule has 1 amide bonds. The van der Waals surface area contributed by atoms with Crippen LogP contribution in [0.3, 0.4) is 0 Å². The highest BCUT2D eigenvalue weighted by Gasteiger charge is 2.31. The van der Waals surface area contributed by atoms with Gasteiger partial charge in [0.25, 0.3) is 5.91 Å². The first-order valence-electron chi connectivity index (χ1n) is 6.68. The molecule has 1 aliphatic heterocycles. The van der Waals surface area contributed by atoms with E-state index in [9.17, 15) is 9.90 Å². The highest BCUT2D eigenvalue weighted by molar-refractivity contribution is 5.94. The summed E-state index contributed by atoms with van der Waals surface area (Å²) in [7, 11) is 0. The lowest BCUT2D eigenvalue weighted by Gasteiger charge is -2.33. The molecule has 2 atom stereocenters. The van der Waals surface area contributed by atoms with Crippen LogP contribution in [0.2, 0.25) is 0 Å². The molecular formula is C13H19N3O2. The van der Waals surface area contributed by atoms with Crippen molar-refractivity contribution in [2.45, 2.75) is 38.7 Å². The molecule has 2 N–H and O–H groups in total. The van der Waals surface area contributed by atoms with Crippen LogP contribution in [-0.2, 0) is 12.8 Å². The maximum Gasteiger partial charge on any atom is 0.274 e. The van der Waals surface area contributed by atoms with E-state index in [1.165, 1.54) is 0 Å². The third kappa shape index (κ3) is 1.92. The van der Waals surface area contributed by atoms with E-state index in [-0.39, 0.29) is 5.91 Å². The standard InChI is InChI=1S/C13H19N3O2/c1-8-5-9(17)7-16(6-8)13(18)12-10-3-2-4-11(10)14-15-12/h8-9,17H,2-7H2,1H3,(H,14,15). The molecule has 1 aromatic rings. The number of fused-ring (bicyclic) bond motifs is 1. The van der Waals surface area contributed by atoms with Gasteiger partial charge in [-0.15, -0.1) is 0 Å². The van der Waals surface area contributed by atoms with Gasteiger partial charge in [0.1, 0.15) is 0 Å². The predicted molar refractivity (Wildman–Crippen MR) is 66.3 cm³/mol. The summed E-state index contributed by atoms with van der Waals surface area (Å²) in [5, 5.41) is 16.9. The molecule has 2 aliphatic rings. The Balaban J connectivity index is 1.81. The SMILES string of the molecule is CC1CC(O)CN(C(=O)c2n[nH]c3c2CCC3)C1. The van der Waals surface area contributed by atoms with Gasteiger partial charge in [0, 0.05) is 24.3 Å². The van der Waals surface area contributed by atoms with Gasteiger partial charge in [0.2, 0.25) is 0 Å². The lowest BCUT2D eigenvalue weighted by molar-refractivity contribution is 0.0334. The Kier molecular flexibility index (Phi) is 2.86. The van der Waals surface area contributed by atoms with Gasteiger partial charge < -0.3 is 10.0 Å². The summed E-state index contributed by atoms with van der Waals surface area (Å²) in [5.41, 5.74) is 2.78. The van der Waals surface area contributed by atoms with E-state index in [4.69, 9.17) is 0 Å². The zero-order valence-electron chi connectivity index (χ0n) is 10.6. The molecule has 0 aromatic carbocycles. The molecule has 3 rings (SSSR count). The third-order valence-corrected chi connectivity index (χ3v) is 3.93. The van der Waals surface area contributed by atoms with Crippen LogP contribution < -0.4 is 0 Å². The average molecular weight is 249 g/mol. The van der Waals surface area contributed by atoms with Crippen LogP contribution in [0.1, 0.15) is 41.5 Å². The molecule has 0 radical (unpaired) electrons. The number of aromatic amines is 1. The Morgan fingerprint density at radius 2 is 2.28 bits per heavy atom. The smallest absolute Gasteiger partial charge is 0.274 e. The van der Waals surface area contributed by atoms with Crippen molar-refractivity contribution in [2.75, 3.05) is 13.1 Å². The van der Waals surface area contributed by atoms with Crippen molar-refractivity contribution >= 4 is 5.91 Å². The van der Waals surface area contributed by atoms with Crippen LogP contribution in [0.5, 0.6) is 0 Å². The molecule has 0 spiro atoms. The van der Waals surface area contributed by atoms with Gasteiger partial charge in [-0.05, 0) is 31.6 Å². The number of likely N-dealkylation sites (tertiary alicyclic amines) is 1. The van der Waals surface area contributed by atoms with Gasteiger partial charge in [-0.25, -0.2) is 0 Å². The van der Waals surface area contributed by atoms with Gasteiger partial charge in [-0.3, -0.25) is 9.89 Å². The van der Waals surface area contributed by atoms with E-state index in [1.54, 1.807) is 4.90 Å². The first-order chi connectivity index (χ1) is 8.65. The van der Waals surface area contributed by atoms with E-state index in [1.807, 2.05) is 0 Å². The number of aliphatic hydroxyl groups is 1. The number of amides is 1. The van der Waals surface area contributed by atoms with E-state index in [2.05, 4.69) is 17.1 Å². The number of piperidine rings is 1. The molecular weight excluding hydrogens is 230 g/mol. The van der Waals surface area contributed by atoms with Crippen molar-refractivity contribution < 1.29 is 9.90 Å². The third-order valence-electron chi connectivity index (χ3n) is 3.93. The summed E-state index contributed by atoms with van der Waals surface area (Å²) in [5.74, 6) is 0.324. The normalized spacial score (nSPS) is 27.3. The number of hydrogen-bond donors (Lipinski definition) is 2. The van der Waals surface area contributed by atoms with Gasteiger partial charge in [0.15, 0.2) is 5.69 Å². The summed E-state index contributed by atoms with van der Waals surface area (Å²) >= 11 is 0. The molecule has 1 saturated heterocycles. The Hall–Kier alpha value is -1.36. The van der Waals surface area contributed by atoms with E-state index >= 15 is 0 Å². The number of nitrogens with zero attached hydrogens (tertiary/aromatic N) is 2. The molecule has 5 heteroatoms. The molecule has 5 nitrogen and oxygen atoms in total. The minimum atomic E-state index is -0.398. The molecule has 0 bridgehead atoms. The number of β-amino-alcohol motifs (C(OH)–C–C–N with tert-alkyl or cyclic N) is 1. The number of carbonyl (C=O) groups is 1. The van der Waals surface area contributed by atoms with Crippen molar-refractivity contribution in [1.82, 2.24) is 15.1 Å². The van der Waals surface area contributed by atoms with E-state index < -0.39 is 6.10 Å². The van der Waals surface area contributed by atoms with Crippen molar-refractivity contribution in [3.05, 3.63) is 17.0 Å². The molecule has 2 unspecified atom stereocenters. The topological polar surface area (TPSA) is 69.2 Å². The second-order valence-electron chi connectivity index (χ2n) is 5.59. The maximum atomic E-state index is 12.4. The van der Waals surface area contributed by atoms with Gasteiger partial charge in [0.05, 0.1) is 6.10 Å². The second kappa shape index (κ2) is 4.39. The van der Waals surface area contributed by atoms with Crippen LogP contribution in [-0.4, -0.2) is 45.3 Å². The summed E-state index contributed by atoms with van der Waals surface area (Å²) in [6.45, 7) is 3.22. The Labute approximate surface area is 106 Å². The molecule has 1 fully saturated rings. The molecule has 1 aliphatic carbocycles. The molecule has 1 aromatic heterocycles. The highest BCUT2D eigenvalue weighted by Crippen LogP contribution is 2.25. The monoisotopic (exact) mass is 249 g/mol. The highest BCUT2D eigenvalue weighted by atomic mass is 16.3. The second-order valence-corrected chi connectivity index (χ2v) is 5.59. The van der Waals surface area contributed by atoms with Crippen LogP contribution in [0.4, 0.5) is 0 Å². The molecule has 2 heterocycles. The number of carbonyl (C=O) groups excluding carboxylic acids is 1. The number of rotatable bonds is 1. The largest absolute Gasteiger partial charge is 0.391 e. The lowest BCUT2D eigenvalue weighted by Crippen LogP contribution is -2.45. The lowest BCUT2D eigenvalue weighted by atomic mass is 9.97. The van der Waals surface area contributed by atoms with Crippen LogP contribution >= 0.6 is 0 Å². The molecule has 0 saturated carbocycles. The minimum absolute atomic E-state index is 0.0278. The van der Waals surface area contributed by atoms with Crippen molar-refractivity contribution in [1.29, 1.82) is 0 Å². The fraction of sp³-hybridized carbons (Fsp3) is 0.692. The summed E-state index contributed by atoms with van der Waals surface area (Å²) in [6.07, 6.45) is 3.42. The fourth-order valence-electron chi connectivity index (χ4n) is 3.13. The quantitative estimate of drug-likeness (QED) is 0.771. The van der Waals surface area contributed by atoms with Gasteiger partial charge >= 0.3 is 0 Å². The zero-order chi connectivity index (χ0) is 12.7. The minimum Gasteiger partial charge on any atom is -0.391 e. The maximum absolute atomic E-state index is 12.4. The van der Waals surface area contributed by atoms with Crippen molar-refractivity contribution in [3.63, 3.8) is 0 Å². The summed E-state index contributed by atoms with van der Waals surface area (Å²) in [4.78, 5) is 14.2. The number of hydrogen-bond acceptors (Lipinski definition) is 3. The number of H-pyrrole nitrogens is 1. The Morgan fingerprint density at radius 3 is 3.06 bits per heavy atom. The summed E-state index contributed by atoms with van der Waals surface area (Å²) in [6, 6.07) is 0. The Bertz CT molecular complexity index is 459. The first kappa shape index (κ1) is 11.7. The van der Waals surface area contributed by atoms with Crippen molar-refractivity contribution in [3.8, 4) is 0 Å². The summed E-state index contributed by atoms with van der Waals surface area (Å²) < 4.78 is 0. The average Bonchev–Trinajstić information content (AvgIpc) is 2.88. The van der Waals surface area contributed by atoms with E-state index in [0.717, 1.165) is 43.5 Å². The number of aliphatic hydroxyl groups excluding tert-OH is 1. The van der Waals surface area contributed by atoms with Crippen LogP contribution in [0, 0.1) is 5.92 Å². The fourth-order valence-corrected chi connectivity index (χ4v) is 3.13. The van der Waals surface area contributed by atoms with Crippen LogP contribution in [0.25, 0.3) is 0 Å². The zero-order valence-corrected chi connectivity index (χ0v) is 10.6. The first-order valence-corrected chi connectivity index (χ1v) is 6.68. The predicted octanol–water partition coefficient (Wildman–Crippen LogP) is 0.741. The van der Waals surface area contributed by atoms with E-state index in [0.29, 0.717) is 18.2 Å². The van der Waals surface area contributed by atoms with Gasteiger partial charge in [-0.1, -0.05) is 6.92 Å². The number of nitrogens with one attached hydrogen (secondary N) is 1. The van der Waals surface area contributed by atoms with Crippen LogP contribution in [0.15, 0.2) is 0 Å². The number of aromatic nitrogens is 2. The Morgan fingerprint density at radius 1 is 1.44 bits per heavy atom. The number of aryl methyl sites for hydroxylation is 1. The molecule has 98 valence electrons. The van der Waals surface area contributed by atoms with Crippen molar-refractivity contribution in [2.24, 2.45) is 5.92 Å². The van der Waals surface area contributed by atoms with Gasteiger partial charge in [-0.2, -0.15) is 5.10 Å². The molecule has 18 heavy (non-hydrogen) atoms.